The number of H-pyrrole nitrogens is 1. The van der Waals surface area contributed by atoms with Crippen molar-refractivity contribution in [3.05, 3.63) is 53.6 Å². The molecule has 2 rings (SSSR count). The maximum absolute atomic E-state index is 4.26. The summed E-state index contributed by atoms with van der Waals surface area (Å²) in [6.45, 7) is 4.24. The summed E-state index contributed by atoms with van der Waals surface area (Å²) in [4.78, 5) is 7.24. The lowest BCUT2D eigenvalue weighted by Gasteiger charge is -2.11. The zero-order chi connectivity index (χ0) is 9.97. The molecule has 71 valence electrons. The molecule has 1 atom stereocenters. The number of aromatic amines is 1. The topological polar surface area (TPSA) is 28.7 Å². The Bertz CT molecular complexity index is 404. The molecule has 1 N–H and O–H groups in total. The molecular weight excluding hydrogens is 172 g/mol. The predicted molar refractivity (Wildman–Crippen MR) is 56.1 cm³/mol. The highest BCUT2D eigenvalue weighted by Gasteiger charge is 2.11. The summed E-state index contributed by atoms with van der Waals surface area (Å²) in [7, 11) is 0. The van der Waals surface area contributed by atoms with Crippen molar-refractivity contribution in [1.29, 1.82) is 0 Å². The van der Waals surface area contributed by atoms with Crippen LogP contribution < -0.4 is 0 Å². The van der Waals surface area contributed by atoms with E-state index >= 15 is 0 Å². The molecule has 2 heteroatoms. The predicted octanol–water partition coefficient (Wildman–Crippen LogP) is 2.67. The van der Waals surface area contributed by atoms with Gasteiger partial charge in [0.05, 0.1) is 12.0 Å². The molecule has 0 aliphatic carbocycles. The number of nitrogens with one attached hydrogen (secondary N) is 1. The number of hydrogen-bond acceptors (Lipinski definition) is 1. The molecule has 0 bridgehead atoms. The summed E-state index contributed by atoms with van der Waals surface area (Å²) in [6, 6.07) is 9.29. The molecule has 0 amide bonds. The van der Waals surface area contributed by atoms with Crippen LogP contribution in [-0.2, 0) is 0 Å². The Morgan fingerprint density at radius 1 is 1.50 bits per heavy atom. The molecule has 0 spiro atoms. The van der Waals surface area contributed by atoms with Gasteiger partial charge >= 0.3 is 0 Å². The van der Waals surface area contributed by atoms with Crippen LogP contribution in [0.4, 0.5) is 0 Å². The average molecular weight is 185 g/mol. The first-order chi connectivity index (χ1) is 6.79. The summed E-state index contributed by atoms with van der Waals surface area (Å²) < 4.78 is 0. The second-order valence-electron chi connectivity index (χ2n) is 3.47. The van der Waals surface area contributed by atoms with E-state index in [9.17, 15) is 0 Å². The third-order valence-corrected chi connectivity index (χ3v) is 2.53. The highest BCUT2D eigenvalue weighted by molar-refractivity contribution is 5.32. The third kappa shape index (κ3) is 1.55. The van der Waals surface area contributed by atoms with Gasteiger partial charge in [-0.15, -0.1) is 0 Å². The molecule has 2 nitrogen and oxygen atoms in total. The number of benzene rings is 1. The van der Waals surface area contributed by atoms with Crippen molar-refractivity contribution in [2.24, 2.45) is 0 Å². The van der Waals surface area contributed by atoms with Gasteiger partial charge in [-0.25, -0.2) is 4.98 Å². The molecule has 0 saturated carbocycles. The van der Waals surface area contributed by atoms with Crippen molar-refractivity contribution in [1.82, 2.24) is 9.97 Å². The van der Waals surface area contributed by atoms with Crippen LogP contribution in [0.3, 0.4) is 0 Å². The SMILES string of the molecule is Cc1[c]cccc1C(C)c1c[nH]cn1. The Balaban J connectivity index is 2.37. The number of nitrogens with zero attached hydrogens (tertiary/aromatic N) is 1. The van der Waals surface area contributed by atoms with Crippen LogP contribution >= 0.6 is 0 Å². The van der Waals surface area contributed by atoms with Gasteiger partial charge in [0.2, 0.25) is 0 Å². The minimum atomic E-state index is 0.332. The molecule has 0 fully saturated rings. The van der Waals surface area contributed by atoms with Crippen molar-refractivity contribution in [2.45, 2.75) is 19.8 Å². The van der Waals surface area contributed by atoms with Crippen molar-refractivity contribution < 1.29 is 0 Å². The first-order valence-corrected chi connectivity index (χ1v) is 4.75. The lowest BCUT2D eigenvalue weighted by atomic mass is 9.94. The fourth-order valence-corrected chi connectivity index (χ4v) is 1.67. The van der Waals surface area contributed by atoms with Crippen molar-refractivity contribution >= 4 is 0 Å². The van der Waals surface area contributed by atoms with E-state index in [1.165, 1.54) is 11.1 Å². The maximum Gasteiger partial charge on any atom is 0.0923 e. The second kappa shape index (κ2) is 3.66. The van der Waals surface area contributed by atoms with E-state index in [4.69, 9.17) is 0 Å². The molecule has 0 saturated heterocycles. The monoisotopic (exact) mass is 185 g/mol. The minimum absolute atomic E-state index is 0.332. The quantitative estimate of drug-likeness (QED) is 0.765. The summed E-state index contributed by atoms with van der Waals surface area (Å²) >= 11 is 0. The van der Waals surface area contributed by atoms with Crippen LogP contribution in [0.1, 0.15) is 29.7 Å². The third-order valence-electron chi connectivity index (χ3n) is 2.53. The number of rotatable bonds is 2. The van der Waals surface area contributed by atoms with Gasteiger partial charge < -0.3 is 4.98 Å². The van der Waals surface area contributed by atoms with Crippen molar-refractivity contribution in [3.8, 4) is 0 Å². The van der Waals surface area contributed by atoms with E-state index in [2.05, 4.69) is 35.9 Å². The Labute approximate surface area is 84.0 Å². The summed E-state index contributed by atoms with van der Waals surface area (Å²) in [5.74, 6) is 0.332. The van der Waals surface area contributed by atoms with Crippen LogP contribution in [0.15, 0.2) is 30.7 Å². The number of aromatic nitrogens is 2. The van der Waals surface area contributed by atoms with Gasteiger partial charge in [-0.05, 0) is 24.1 Å². The first-order valence-electron chi connectivity index (χ1n) is 4.75. The average Bonchev–Trinajstić information content (AvgIpc) is 2.70. The molecule has 14 heavy (non-hydrogen) atoms. The number of hydrogen-bond donors (Lipinski definition) is 1. The standard InChI is InChI=1S/C12H13N2/c1-9-5-3-4-6-11(9)10(2)12-7-13-8-14-12/h3-4,6-8,10H,1-2H3,(H,13,14). The van der Waals surface area contributed by atoms with E-state index in [1.54, 1.807) is 6.33 Å². The zero-order valence-electron chi connectivity index (χ0n) is 8.41. The van der Waals surface area contributed by atoms with Gasteiger partial charge in [-0.3, -0.25) is 0 Å². The van der Waals surface area contributed by atoms with E-state index in [0.717, 1.165) is 5.69 Å². The Morgan fingerprint density at radius 3 is 3.00 bits per heavy atom. The summed E-state index contributed by atoms with van der Waals surface area (Å²) in [5.41, 5.74) is 3.57. The normalized spacial score (nSPS) is 12.7. The van der Waals surface area contributed by atoms with Gasteiger partial charge in [-0.2, -0.15) is 0 Å². The largest absolute Gasteiger partial charge is 0.351 e. The molecule has 1 unspecified atom stereocenters. The smallest absolute Gasteiger partial charge is 0.0923 e. The van der Waals surface area contributed by atoms with Crippen LogP contribution in [0, 0.1) is 13.0 Å². The van der Waals surface area contributed by atoms with Crippen molar-refractivity contribution in [2.75, 3.05) is 0 Å². The Hall–Kier alpha value is -1.57. The summed E-state index contributed by atoms with van der Waals surface area (Å²) in [5, 5.41) is 0. The van der Waals surface area contributed by atoms with E-state index < -0.39 is 0 Å². The molecule has 2 aromatic rings. The number of aryl methyl sites for hydroxylation is 1. The van der Waals surface area contributed by atoms with E-state index in [0.29, 0.717) is 5.92 Å². The number of imidazole rings is 1. The lowest BCUT2D eigenvalue weighted by Crippen LogP contribution is -1.98. The van der Waals surface area contributed by atoms with Crippen LogP contribution in [0.5, 0.6) is 0 Å². The zero-order valence-corrected chi connectivity index (χ0v) is 8.41. The highest BCUT2D eigenvalue weighted by atomic mass is 14.9. The van der Waals surface area contributed by atoms with E-state index in [-0.39, 0.29) is 0 Å². The van der Waals surface area contributed by atoms with Gasteiger partial charge in [0, 0.05) is 12.1 Å². The van der Waals surface area contributed by atoms with Crippen LogP contribution in [-0.4, -0.2) is 9.97 Å². The van der Waals surface area contributed by atoms with Gasteiger partial charge in [0.1, 0.15) is 0 Å². The molecule has 0 aliphatic heterocycles. The molecule has 1 aromatic carbocycles. The van der Waals surface area contributed by atoms with Gasteiger partial charge in [-0.1, -0.05) is 25.1 Å². The minimum Gasteiger partial charge on any atom is -0.351 e. The molecule has 1 aromatic heterocycles. The summed E-state index contributed by atoms with van der Waals surface area (Å²) in [6.07, 6.45) is 3.66. The first kappa shape index (κ1) is 9.00. The lowest BCUT2D eigenvalue weighted by molar-refractivity contribution is 0.873. The fourth-order valence-electron chi connectivity index (χ4n) is 1.67. The maximum atomic E-state index is 4.26. The van der Waals surface area contributed by atoms with Gasteiger partial charge in [0.25, 0.3) is 0 Å². The van der Waals surface area contributed by atoms with E-state index in [1.807, 2.05) is 18.3 Å². The van der Waals surface area contributed by atoms with Crippen LogP contribution in [0.25, 0.3) is 0 Å². The van der Waals surface area contributed by atoms with Gasteiger partial charge in [0.15, 0.2) is 0 Å². The molecular formula is C12H13N2. The Kier molecular flexibility index (Phi) is 2.35. The second-order valence-corrected chi connectivity index (χ2v) is 3.47. The van der Waals surface area contributed by atoms with Crippen LogP contribution in [0.2, 0.25) is 0 Å². The highest BCUT2D eigenvalue weighted by Crippen LogP contribution is 2.24. The molecule has 0 aliphatic rings. The molecule has 1 radical (unpaired) electrons. The fraction of sp³-hybridized carbons (Fsp3) is 0.250. The Morgan fingerprint density at radius 2 is 2.36 bits per heavy atom. The van der Waals surface area contributed by atoms with Crippen molar-refractivity contribution in [3.63, 3.8) is 0 Å². The molecule has 1 heterocycles.